The standard InChI is InChI=1S/C13H18ClNO3/c1-10(8-15(2)3)18-13(16)9-17-12-6-4-11(14)5-7-12/h4-7,10H,8-9H2,1-3H3. The van der Waals surface area contributed by atoms with Crippen LogP contribution in [0.15, 0.2) is 24.3 Å². The molecule has 0 saturated carbocycles. The molecule has 0 aliphatic heterocycles. The second-order valence-electron chi connectivity index (χ2n) is 4.31. The van der Waals surface area contributed by atoms with E-state index in [9.17, 15) is 4.79 Å². The molecule has 4 nitrogen and oxygen atoms in total. The van der Waals surface area contributed by atoms with Gasteiger partial charge in [0.05, 0.1) is 0 Å². The Kier molecular flexibility index (Phi) is 5.95. The van der Waals surface area contributed by atoms with Crippen LogP contribution in [0.2, 0.25) is 5.02 Å². The molecule has 1 rings (SSSR count). The van der Waals surface area contributed by atoms with Gasteiger partial charge in [-0.2, -0.15) is 0 Å². The van der Waals surface area contributed by atoms with Crippen molar-refractivity contribution < 1.29 is 14.3 Å². The van der Waals surface area contributed by atoms with Gasteiger partial charge in [-0.05, 0) is 45.3 Å². The third kappa shape index (κ3) is 5.89. The summed E-state index contributed by atoms with van der Waals surface area (Å²) < 4.78 is 10.5. The number of ether oxygens (including phenoxy) is 2. The summed E-state index contributed by atoms with van der Waals surface area (Å²) >= 11 is 5.74. The first-order chi connectivity index (χ1) is 8.47. The molecule has 0 aliphatic rings. The van der Waals surface area contributed by atoms with E-state index >= 15 is 0 Å². The van der Waals surface area contributed by atoms with E-state index in [1.54, 1.807) is 24.3 Å². The quantitative estimate of drug-likeness (QED) is 0.744. The lowest BCUT2D eigenvalue weighted by Crippen LogP contribution is -2.29. The molecule has 0 heterocycles. The number of esters is 1. The van der Waals surface area contributed by atoms with Crippen LogP contribution in [0.1, 0.15) is 6.92 Å². The third-order valence-electron chi connectivity index (χ3n) is 2.13. The first-order valence-corrected chi connectivity index (χ1v) is 6.07. The molecule has 18 heavy (non-hydrogen) atoms. The van der Waals surface area contributed by atoms with Crippen LogP contribution in [0.3, 0.4) is 0 Å². The number of likely N-dealkylation sites (N-methyl/N-ethyl adjacent to an activating group) is 1. The monoisotopic (exact) mass is 271 g/mol. The van der Waals surface area contributed by atoms with Crippen molar-refractivity contribution in [2.75, 3.05) is 27.2 Å². The fraction of sp³-hybridized carbons (Fsp3) is 0.462. The maximum atomic E-state index is 11.5. The Hall–Kier alpha value is -1.26. The van der Waals surface area contributed by atoms with Crippen molar-refractivity contribution in [3.63, 3.8) is 0 Å². The molecular formula is C13H18ClNO3. The van der Waals surface area contributed by atoms with Crippen molar-refractivity contribution >= 4 is 17.6 Å². The Labute approximate surface area is 112 Å². The van der Waals surface area contributed by atoms with Crippen molar-refractivity contribution in [1.29, 1.82) is 0 Å². The lowest BCUT2D eigenvalue weighted by Gasteiger charge is -2.17. The lowest BCUT2D eigenvalue weighted by atomic mass is 10.3. The maximum absolute atomic E-state index is 11.5. The first-order valence-electron chi connectivity index (χ1n) is 5.70. The van der Waals surface area contributed by atoms with E-state index in [4.69, 9.17) is 21.1 Å². The van der Waals surface area contributed by atoms with E-state index in [2.05, 4.69) is 0 Å². The SMILES string of the molecule is CC(CN(C)C)OC(=O)COc1ccc(Cl)cc1. The first kappa shape index (κ1) is 14.8. The summed E-state index contributed by atoms with van der Waals surface area (Å²) in [6.45, 7) is 2.44. The average molecular weight is 272 g/mol. The Balaban J connectivity index is 2.30. The zero-order valence-corrected chi connectivity index (χ0v) is 11.6. The summed E-state index contributed by atoms with van der Waals surface area (Å²) in [5.74, 6) is 0.218. The molecule has 0 spiro atoms. The van der Waals surface area contributed by atoms with Crippen LogP contribution < -0.4 is 4.74 Å². The van der Waals surface area contributed by atoms with Crippen LogP contribution in [0, 0.1) is 0 Å². The third-order valence-corrected chi connectivity index (χ3v) is 2.38. The lowest BCUT2D eigenvalue weighted by molar-refractivity contribution is -0.151. The molecule has 0 amide bonds. The molecule has 100 valence electrons. The molecular weight excluding hydrogens is 254 g/mol. The summed E-state index contributed by atoms with van der Waals surface area (Å²) in [4.78, 5) is 13.4. The molecule has 5 heteroatoms. The Morgan fingerprint density at radius 1 is 1.33 bits per heavy atom. The summed E-state index contributed by atoms with van der Waals surface area (Å²) in [5.41, 5.74) is 0. The molecule has 0 radical (unpaired) electrons. The highest BCUT2D eigenvalue weighted by molar-refractivity contribution is 6.30. The molecule has 1 aromatic rings. The molecule has 0 aromatic heterocycles. The topological polar surface area (TPSA) is 38.8 Å². The molecule has 1 unspecified atom stereocenters. The minimum absolute atomic E-state index is 0.0978. The van der Waals surface area contributed by atoms with Gasteiger partial charge in [0.2, 0.25) is 0 Å². The number of benzene rings is 1. The second kappa shape index (κ2) is 7.24. The molecule has 0 N–H and O–H groups in total. The highest BCUT2D eigenvalue weighted by atomic mass is 35.5. The van der Waals surface area contributed by atoms with Crippen molar-refractivity contribution in [2.45, 2.75) is 13.0 Å². The van der Waals surface area contributed by atoms with Gasteiger partial charge < -0.3 is 14.4 Å². The second-order valence-corrected chi connectivity index (χ2v) is 4.74. The van der Waals surface area contributed by atoms with Gasteiger partial charge in [-0.1, -0.05) is 11.6 Å². The van der Waals surface area contributed by atoms with Gasteiger partial charge in [0.15, 0.2) is 6.61 Å². The number of hydrogen-bond donors (Lipinski definition) is 0. The van der Waals surface area contributed by atoms with Crippen LogP contribution in [-0.2, 0) is 9.53 Å². The van der Waals surface area contributed by atoms with Crippen LogP contribution in [0.4, 0.5) is 0 Å². The maximum Gasteiger partial charge on any atom is 0.344 e. The highest BCUT2D eigenvalue weighted by Gasteiger charge is 2.10. The van der Waals surface area contributed by atoms with Gasteiger partial charge in [-0.25, -0.2) is 4.79 Å². The number of nitrogens with zero attached hydrogens (tertiary/aromatic N) is 1. The average Bonchev–Trinajstić information content (AvgIpc) is 2.27. The van der Waals surface area contributed by atoms with E-state index in [1.165, 1.54) is 0 Å². The Morgan fingerprint density at radius 3 is 2.50 bits per heavy atom. The molecule has 0 fully saturated rings. The van der Waals surface area contributed by atoms with Gasteiger partial charge in [-0.15, -0.1) is 0 Å². The van der Waals surface area contributed by atoms with Gasteiger partial charge in [0, 0.05) is 11.6 Å². The molecule has 1 aromatic carbocycles. The van der Waals surface area contributed by atoms with Crippen LogP contribution >= 0.6 is 11.6 Å². The van der Waals surface area contributed by atoms with Gasteiger partial charge in [0.25, 0.3) is 0 Å². The Morgan fingerprint density at radius 2 is 1.94 bits per heavy atom. The van der Waals surface area contributed by atoms with E-state index < -0.39 is 0 Å². The molecule has 0 saturated heterocycles. The van der Waals surface area contributed by atoms with Crippen molar-refractivity contribution in [3.05, 3.63) is 29.3 Å². The smallest absolute Gasteiger partial charge is 0.344 e. The predicted molar refractivity (Wildman–Crippen MR) is 71.1 cm³/mol. The fourth-order valence-corrected chi connectivity index (χ4v) is 1.61. The minimum atomic E-state index is -0.376. The van der Waals surface area contributed by atoms with Crippen LogP contribution in [-0.4, -0.2) is 44.2 Å². The number of carbonyl (C=O) groups is 1. The zero-order chi connectivity index (χ0) is 13.5. The van der Waals surface area contributed by atoms with Gasteiger partial charge in [0.1, 0.15) is 11.9 Å². The fourth-order valence-electron chi connectivity index (χ4n) is 1.48. The number of carbonyl (C=O) groups excluding carboxylic acids is 1. The van der Waals surface area contributed by atoms with E-state index in [0.717, 1.165) is 0 Å². The summed E-state index contributed by atoms with van der Waals surface area (Å²) in [6, 6.07) is 6.82. The van der Waals surface area contributed by atoms with E-state index in [-0.39, 0.29) is 18.7 Å². The Bertz CT molecular complexity index is 378. The minimum Gasteiger partial charge on any atom is -0.482 e. The van der Waals surface area contributed by atoms with Gasteiger partial charge in [-0.3, -0.25) is 0 Å². The van der Waals surface area contributed by atoms with Crippen molar-refractivity contribution in [3.8, 4) is 5.75 Å². The normalized spacial score (nSPS) is 12.3. The summed E-state index contributed by atoms with van der Waals surface area (Å²) in [5, 5.41) is 0.629. The largest absolute Gasteiger partial charge is 0.482 e. The number of halogens is 1. The number of hydrogen-bond acceptors (Lipinski definition) is 4. The predicted octanol–water partition coefficient (Wildman–Crippen LogP) is 2.21. The van der Waals surface area contributed by atoms with Crippen molar-refractivity contribution in [2.24, 2.45) is 0 Å². The molecule has 1 atom stereocenters. The zero-order valence-electron chi connectivity index (χ0n) is 10.9. The molecule has 0 aliphatic carbocycles. The number of rotatable bonds is 6. The van der Waals surface area contributed by atoms with Crippen LogP contribution in [0.5, 0.6) is 5.75 Å². The van der Waals surface area contributed by atoms with Crippen LogP contribution in [0.25, 0.3) is 0 Å². The highest BCUT2D eigenvalue weighted by Crippen LogP contribution is 2.15. The summed E-state index contributed by atoms with van der Waals surface area (Å²) in [7, 11) is 3.85. The summed E-state index contributed by atoms with van der Waals surface area (Å²) in [6.07, 6.45) is -0.152. The van der Waals surface area contributed by atoms with E-state index in [0.29, 0.717) is 17.3 Å². The molecule has 0 bridgehead atoms. The van der Waals surface area contributed by atoms with Gasteiger partial charge >= 0.3 is 5.97 Å². The van der Waals surface area contributed by atoms with E-state index in [1.807, 2.05) is 25.9 Å². The van der Waals surface area contributed by atoms with Crippen molar-refractivity contribution in [1.82, 2.24) is 4.90 Å².